The molecule has 0 N–H and O–H groups in total. The molecule has 0 aliphatic carbocycles. The van der Waals surface area contributed by atoms with Crippen LogP contribution in [0, 0.1) is 0 Å². The Labute approximate surface area is 156 Å². The van der Waals surface area contributed by atoms with E-state index in [4.69, 9.17) is 9.73 Å². The number of fused-ring (bicyclic) bond motifs is 1. The minimum Gasteiger partial charge on any atom is -0.496 e. The Balaban J connectivity index is 1.82. The van der Waals surface area contributed by atoms with Gasteiger partial charge >= 0.3 is 0 Å². The number of hydrogen-bond acceptors (Lipinski definition) is 4. The monoisotopic (exact) mass is 397 g/mol. The third-order valence-corrected chi connectivity index (χ3v) is 5.06. The van der Waals surface area contributed by atoms with Gasteiger partial charge < -0.3 is 9.64 Å². The highest BCUT2D eigenvalue weighted by Gasteiger charge is 2.32. The molecule has 0 atom stereocenters. The maximum absolute atomic E-state index is 5.59. The highest BCUT2D eigenvalue weighted by Crippen LogP contribution is 2.36. The maximum atomic E-state index is 5.59. The zero-order valence-corrected chi connectivity index (χ0v) is 15.7. The van der Waals surface area contributed by atoms with Crippen LogP contribution in [0.3, 0.4) is 0 Å². The van der Waals surface area contributed by atoms with Crippen LogP contribution in [-0.4, -0.2) is 31.1 Å². The average molecular weight is 398 g/mol. The summed E-state index contributed by atoms with van der Waals surface area (Å²) in [4.78, 5) is 9.35. The Kier molecular flexibility index (Phi) is 4.49. The van der Waals surface area contributed by atoms with Crippen LogP contribution in [0.1, 0.15) is 18.4 Å². The smallest absolute Gasteiger partial charge is 0.210 e. The van der Waals surface area contributed by atoms with Crippen molar-refractivity contribution in [2.75, 3.05) is 25.1 Å². The normalized spacial score (nSPS) is 16.9. The number of benzene rings is 2. The van der Waals surface area contributed by atoms with E-state index in [0.29, 0.717) is 0 Å². The molecule has 0 radical (unpaired) electrons. The molecule has 0 fully saturated rings. The lowest BCUT2D eigenvalue weighted by atomic mass is 10.1. The first kappa shape index (κ1) is 16.2. The Morgan fingerprint density at radius 1 is 1.04 bits per heavy atom. The van der Waals surface area contributed by atoms with Gasteiger partial charge in [-0.2, -0.15) is 0 Å². The van der Waals surface area contributed by atoms with Crippen molar-refractivity contribution in [2.45, 2.75) is 12.8 Å². The first-order valence-electron chi connectivity index (χ1n) is 8.50. The second kappa shape index (κ2) is 6.92. The van der Waals surface area contributed by atoms with Crippen molar-refractivity contribution in [2.24, 2.45) is 4.99 Å². The van der Waals surface area contributed by atoms with Gasteiger partial charge in [-0.15, -0.1) is 0 Å². The molecular formula is C20H20BrN3O. The number of anilines is 1. The zero-order valence-electron chi connectivity index (χ0n) is 14.2. The van der Waals surface area contributed by atoms with E-state index in [0.717, 1.165) is 59.1 Å². The Morgan fingerprint density at radius 3 is 2.64 bits per heavy atom. The molecule has 2 aliphatic rings. The summed E-state index contributed by atoms with van der Waals surface area (Å²) in [7, 11) is 1.72. The second-order valence-electron chi connectivity index (χ2n) is 6.10. The Hall–Kier alpha value is -2.27. The summed E-state index contributed by atoms with van der Waals surface area (Å²) in [6.45, 7) is 1.83. The molecule has 2 aromatic rings. The molecule has 128 valence electrons. The van der Waals surface area contributed by atoms with Crippen LogP contribution in [0.25, 0.3) is 5.70 Å². The number of hydrogen-bond donors (Lipinski definition) is 0. The van der Waals surface area contributed by atoms with Crippen molar-refractivity contribution < 1.29 is 4.74 Å². The number of nitrogens with zero attached hydrogens (tertiary/aromatic N) is 3. The van der Waals surface area contributed by atoms with Gasteiger partial charge in [0.25, 0.3) is 0 Å². The van der Waals surface area contributed by atoms with E-state index in [-0.39, 0.29) is 0 Å². The molecule has 2 aromatic carbocycles. The summed E-state index contributed by atoms with van der Waals surface area (Å²) in [5.74, 6) is 1.88. The minimum atomic E-state index is 0.867. The highest BCUT2D eigenvalue weighted by molar-refractivity contribution is 9.10. The van der Waals surface area contributed by atoms with Crippen LogP contribution < -0.4 is 9.64 Å². The quantitative estimate of drug-likeness (QED) is 0.749. The molecule has 0 unspecified atom stereocenters. The predicted molar refractivity (Wildman–Crippen MR) is 106 cm³/mol. The van der Waals surface area contributed by atoms with Crippen molar-refractivity contribution in [3.63, 3.8) is 0 Å². The van der Waals surface area contributed by atoms with Crippen molar-refractivity contribution in [1.29, 1.82) is 0 Å². The second-order valence-corrected chi connectivity index (χ2v) is 7.02. The number of ether oxygens (including phenoxy) is 1. The van der Waals surface area contributed by atoms with E-state index in [2.05, 4.69) is 68.3 Å². The largest absolute Gasteiger partial charge is 0.496 e. The molecule has 0 aromatic heterocycles. The van der Waals surface area contributed by atoms with E-state index in [1.54, 1.807) is 7.11 Å². The van der Waals surface area contributed by atoms with Crippen molar-refractivity contribution in [1.82, 2.24) is 4.90 Å². The summed E-state index contributed by atoms with van der Waals surface area (Å²) < 4.78 is 6.67. The summed E-state index contributed by atoms with van der Waals surface area (Å²) in [5.41, 5.74) is 3.35. The number of rotatable bonds is 3. The van der Waals surface area contributed by atoms with E-state index < -0.39 is 0 Å². The molecule has 5 heteroatoms. The van der Waals surface area contributed by atoms with Gasteiger partial charge in [-0.25, -0.2) is 0 Å². The Morgan fingerprint density at radius 2 is 1.84 bits per heavy atom. The molecule has 0 bridgehead atoms. The van der Waals surface area contributed by atoms with Crippen LogP contribution in [0.15, 0.2) is 64.2 Å². The van der Waals surface area contributed by atoms with E-state index in [1.165, 1.54) is 0 Å². The zero-order chi connectivity index (χ0) is 17.2. The van der Waals surface area contributed by atoms with Gasteiger partial charge in [0.15, 0.2) is 0 Å². The summed E-state index contributed by atoms with van der Waals surface area (Å²) >= 11 is 3.51. The van der Waals surface area contributed by atoms with Crippen LogP contribution in [-0.2, 0) is 0 Å². The number of guanidine groups is 1. The molecule has 4 nitrogen and oxygen atoms in total. The van der Waals surface area contributed by atoms with Gasteiger partial charge in [0.05, 0.1) is 12.8 Å². The molecule has 25 heavy (non-hydrogen) atoms. The third-order valence-electron chi connectivity index (χ3n) is 4.53. The van der Waals surface area contributed by atoms with E-state index >= 15 is 0 Å². The van der Waals surface area contributed by atoms with Gasteiger partial charge in [0, 0.05) is 35.0 Å². The molecule has 0 amide bonds. The summed E-state index contributed by atoms with van der Waals surface area (Å²) in [5, 5.41) is 0. The van der Waals surface area contributed by atoms with Gasteiger partial charge in [-0.3, -0.25) is 9.89 Å². The van der Waals surface area contributed by atoms with Crippen molar-refractivity contribution in [3.8, 4) is 5.75 Å². The topological polar surface area (TPSA) is 28.1 Å². The first-order valence-corrected chi connectivity index (χ1v) is 9.29. The number of halogens is 1. The number of aliphatic imine (C=N–C) groups is 1. The Bertz CT molecular complexity index is 829. The standard InChI is InChI=1S/C20H20BrN3O/c1-25-19-7-3-2-6-17(19)18-14-24(16-10-8-15(21)9-11-16)20-22-12-4-5-13-23(18)20/h2-3,6-11,14H,4-5,12-13H2,1H3. The third kappa shape index (κ3) is 3.04. The maximum Gasteiger partial charge on any atom is 0.210 e. The van der Waals surface area contributed by atoms with Crippen LogP contribution >= 0.6 is 15.9 Å². The molecule has 0 saturated carbocycles. The number of para-hydroxylation sites is 1. The lowest BCUT2D eigenvalue weighted by molar-refractivity contribution is 0.412. The van der Waals surface area contributed by atoms with Gasteiger partial charge in [-0.1, -0.05) is 28.1 Å². The molecule has 4 rings (SSSR count). The molecule has 2 aliphatic heterocycles. The summed E-state index contributed by atoms with van der Waals surface area (Å²) in [6.07, 6.45) is 4.42. The lowest BCUT2D eigenvalue weighted by Gasteiger charge is -2.24. The van der Waals surface area contributed by atoms with Crippen molar-refractivity contribution >= 4 is 33.3 Å². The molecule has 2 heterocycles. The van der Waals surface area contributed by atoms with Crippen LogP contribution in [0.2, 0.25) is 0 Å². The van der Waals surface area contributed by atoms with Gasteiger partial charge in [-0.05, 0) is 49.2 Å². The molecular weight excluding hydrogens is 378 g/mol. The highest BCUT2D eigenvalue weighted by atomic mass is 79.9. The SMILES string of the molecule is COc1ccccc1C1=CN(c2ccc(Br)cc2)C2=NCCCCN12. The minimum absolute atomic E-state index is 0.867. The fourth-order valence-electron chi connectivity index (χ4n) is 3.29. The molecule has 0 spiro atoms. The fraction of sp³-hybridized carbons (Fsp3) is 0.250. The fourth-order valence-corrected chi connectivity index (χ4v) is 3.56. The van der Waals surface area contributed by atoms with Gasteiger partial charge in [0.2, 0.25) is 5.96 Å². The lowest BCUT2D eigenvalue weighted by Crippen LogP contribution is -2.34. The average Bonchev–Trinajstić information content (AvgIpc) is 2.83. The van der Waals surface area contributed by atoms with E-state index in [1.807, 2.05) is 12.1 Å². The van der Waals surface area contributed by atoms with Crippen LogP contribution in [0.4, 0.5) is 5.69 Å². The van der Waals surface area contributed by atoms with Crippen LogP contribution in [0.5, 0.6) is 5.75 Å². The summed E-state index contributed by atoms with van der Waals surface area (Å²) in [6, 6.07) is 16.5. The van der Waals surface area contributed by atoms with E-state index in [9.17, 15) is 0 Å². The molecule has 0 saturated heterocycles. The van der Waals surface area contributed by atoms with Crippen molar-refractivity contribution in [3.05, 3.63) is 64.8 Å². The predicted octanol–water partition coefficient (Wildman–Crippen LogP) is 4.73. The van der Waals surface area contributed by atoms with Gasteiger partial charge in [0.1, 0.15) is 5.75 Å². The number of methoxy groups -OCH3 is 1. The first-order chi connectivity index (χ1) is 12.3.